The van der Waals surface area contributed by atoms with Crippen LogP contribution in [-0.2, 0) is 0 Å². The molecule has 4 aromatic carbocycles. The fourth-order valence-electron chi connectivity index (χ4n) is 3.57. The van der Waals surface area contributed by atoms with E-state index in [0.29, 0.717) is 11.5 Å². The van der Waals surface area contributed by atoms with Gasteiger partial charge in [-0.15, -0.1) is 0 Å². The van der Waals surface area contributed by atoms with Crippen LogP contribution in [0.25, 0.3) is 28.1 Å². The number of para-hydroxylation sites is 1. The van der Waals surface area contributed by atoms with Crippen LogP contribution in [0.5, 0.6) is 17.2 Å². The average Bonchev–Trinajstić information content (AvgIpc) is 3.16. The Labute approximate surface area is 174 Å². The predicted molar refractivity (Wildman–Crippen MR) is 119 cm³/mol. The summed E-state index contributed by atoms with van der Waals surface area (Å²) in [4.78, 5) is 4.98. The predicted octanol–water partition coefficient (Wildman–Crippen LogP) is 6.50. The van der Waals surface area contributed by atoms with Gasteiger partial charge in [-0.2, -0.15) is 0 Å². The van der Waals surface area contributed by atoms with Gasteiger partial charge in [0.25, 0.3) is 0 Å². The average molecular weight is 392 g/mol. The molecule has 1 heterocycles. The second kappa shape index (κ2) is 7.41. The lowest BCUT2D eigenvalue weighted by Crippen LogP contribution is -1.97. The molecule has 146 valence electrons. The highest BCUT2D eigenvalue weighted by Crippen LogP contribution is 2.35. The number of phenols is 1. The van der Waals surface area contributed by atoms with Gasteiger partial charge in [-0.1, -0.05) is 60.2 Å². The molecule has 0 amide bonds. The van der Waals surface area contributed by atoms with Crippen LogP contribution in [0.3, 0.4) is 0 Å². The summed E-state index contributed by atoms with van der Waals surface area (Å²) in [5.74, 6) is 2.21. The number of imidazole rings is 1. The van der Waals surface area contributed by atoms with Gasteiger partial charge >= 0.3 is 0 Å². The van der Waals surface area contributed by atoms with E-state index >= 15 is 0 Å². The van der Waals surface area contributed by atoms with E-state index in [4.69, 9.17) is 9.72 Å². The number of aryl methyl sites for hydroxylation is 1. The van der Waals surface area contributed by atoms with Gasteiger partial charge in [-0.25, -0.2) is 4.98 Å². The van der Waals surface area contributed by atoms with E-state index in [1.54, 1.807) is 18.2 Å². The standard InChI is InChI=1S/C26H20N2O2/c1-18-13-15-20(16-14-18)28-23-11-6-12-24(30-22-10-5-9-21(29)17-22)25(23)27-26(28)19-7-3-2-4-8-19/h2-17,29H,1H3. The SMILES string of the molecule is Cc1ccc(-n2c(-c3ccccc3)nc3c(Oc4cccc(O)c4)cccc32)cc1. The first-order chi connectivity index (χ1) is 14.7. The highest BCUT2D eigenvalue weighted by Gasteiger charge is 2.17. The summed E-state index contributed by atoms with van der Waals surface area (Å²) >= 11 is 0. The van der Waals surface area contributed by atoms with Crippen LogP contribution in [0, 0.1) is 6.92 Å². The molecule has 5 aromatic rings. The molecule has 0 saturated carbocycles. The lowest BCUT2D eigenvalue weighted by Gasteiger charge is -2.10. The van der Waals surface area contributed by atoms with Gasteiger partial charge in [-0.05, 0) is 43.3 Å². The molecule has 0 atom stereocenters. The van der Waals surface area contributed by atoms with Crippen LogP contribution in [0.2, 0.25) is 0 Å². The maximum atomic E-state index is 9.77. The van der Waals surface area contributed by atoms with Crippen molar-refractivity contribution in [3.05, 3.63) is 103 Å². The smallest absolute Gasteiger partial charge is 0.155 e. The normalized spacial score (nSPS) is 11.0. The molecule has 1 N–H and O–H groups in total. The van der Waals surface area contributed by atoms with Gasteiger partial charge in [0.05, 0.1) is 5.52 Å². The van der Waals surface area contributed by atoms with Crippen molar-refractivity contribution in [1.82, 2.24) is 9.55 Å². The molecule has 0 aliphatic rings. The molecular weight excluding hydrogens is 372 g/mol. The Morgan fingerprint density at radius 1 is 0.800 bits per heavy atom. The Hall–Kier alpha value is -4.05. The Balaban J connectivity index is 1.73. The number of nitrogens with zero attached hydrogens (tertiary/aromatic N) is 2. The number of ether oxygens (including phenoxy) is 1. The molecule has 0 radical (unpaired) electrons. The zero-order valence-electron chi connectivity index (χ0n) is 16.5. The molecule has 30 heavy (non-hydrogen) atoms. The molecule has 4 nitrogen and oxygen atoms in total. The molecule has 0 bridgehead atoms. The highest BCUT2D eigenvalue weighted by molar-refractivity contribution is 5.88. The molecule has 0 spiro atoms. The van der Waals surface area contributed by atoms with Crippen molar-refractivity contribution < 1.29 is 9.84 Å². The number of phenolic OH excluding ortho intramolecular Hbond substituents is 1. The Kier molecular flexibility index (Phi) is 4.45. The fraction of sp³-hybridized carbons (Fsp3) is 0.0385. The van der Waals surface area contributed by atoms with E-state index in [0.717, 1.165) is 28.1 Å². The van der Waals surface area contributed by atoms with E-state index in [-0.39, 0.29) is 5.75 Å². The van der Waals surface area contributed by atoms with Gasteiger partial charge in [-0.3, -0.25) is 4.57 Å². The van der Waals surface area contributed by atoms with Crippen LogP contribution in [0.1, 0.15) is 5.56 Å². The second-order valence-corrected chi connectivity index (χ2v) is 7.20. The van der Waals surface area contributed by atoms with Crippen molar-refractivity contribution in [3.8, 4) is 34.3 Å². The second-order valence-electron chi connectivity index (χ2n) is 7.20. The first kappa shape index (κ1) is 18.0. The Morgan fingerprint density at radius 2 is 1.57 bits per heavy atom. The molecule has 0 saturated heterocycles. The van der Waals surface area contributed by atoms with Gasteiger partial charge in [0.1, 0.15) is 22.8 Å². The summed E-state index contributed by atoms with van der Waals surface area (Å²) in [5.41, 5.74) is 4.99. The quantitative estimate of drug-likeness (QED) is 0.380. The molecule has 0 aliphatic carbocycles. The van der Waals surface area contributed by atoms with Gasteiger partial charge in [0.2, 0.25) is 0 Å². The largest absolute Gasteiger partial charge is 0.508 e. The number of aromatic hydroxyl groups is 1. The van der Waals surface area contributed by atoms with Crippen LogP contribution in [0.4, 0.5) is 0 Å². The zero-order valence-corrected chi connectivity index (χ0v) is 16.5. The number of aromatic nitrogens is 2. The lowest BCUT2D eigenvalue weighted by molar-refractivity contribution is 0.457. The molecule has 0 fully saturated rings. The molecule has 4 heteroatoms. The Bertz CT molecular complexity index is 1320. The number of hydrogen-bond donors (Lipinski definition) is 1. The van der Waals surface area contributed by atoms with Crippen LogP contribution in [0.15, 0.2) is 97.1 Å². The minimum absolute atomic E-state index is 0.162. The maximum Gasteiger partial charge on any atom is 0.155 e. The van der Waals surface area contributed by atoms with E-state index in [2.05, 4.69) is 47.9 Å². The summed E-state index contributed by atoms with van der Waals surface area (Å²) in [7, 11) is 0. The molecule has 0 unspecified atom stereocenters. The summed E-state index contributed by atoms with van der Waals surface area (Å²) < 4.78 is 8.25. The van der Waals surface area contributed by atoms with E-state index < -0.39 is 0 Å². The number of benzene rings is 4. The van der Waals surface area contributed by atoms with Crippen molar-refractivity contribution in [2.75, 3.05) is 0 Å². The van der Waals surface area contributed by atoms with Crippen molar-refractivity contribution in [1.29, 1.82) is 0 Å². The molecule has 5 rings (SSSR count). The first-order valence-corrected chi connectivity index (χ1v) is 9.80. The summed E-state index contributed by atoms with van der Waals surface area (Å²) in [6.45, 7) is 2.08. The summed E-state index contributed by atoms with van der Waals surface area (Å²) in [6.07, 6.45) is 0. The minimum Gasteiger partial charge on any atom is -0.508 e. The monoisotopic (exact) mass is 392 g/mol. The molecule has 0 aliphatic heterocycles. The van der Waals surface area contributed by atoms with Gasteiger partial charge in [0, 0.05) is 17.3 Å². The topological polar surface area (TPSA) is 47.3 Å². The summed E-state index contributed by atoms with van der Waals surface area (Å²) in [5, 5.41) is 9.77. The number of rotatable bonds is 4. The zero-order chi connectivity index (χ0) is 20.5. The minimum atomic E-state index is 0.162. The third-order valence-electron chi connectivity index (χ3n) is 5.02. The lowest BCUT2D eigenvalue weighted by atomic mass is 10.2. The fourth-order valence-corrected chi connectivity index (χ4v) is 3.57. The van der Waals surface area contributed by atoms with Crippen molar-refractivity contribution in [2.24, 2.45) is 0 Å². The van der Waals surface area contributed by atoms with Crippen LogP contribution < -0.4 is 4.74 Å². The Morgan fingerprint density at radius 3 is 2.33 bits per heavy atom. The highest BCUT2D eigenvalue weighted by atomic mass is 16.5. The van der Waals surface area contributed by atoms with Crippen molar-refractivity contribution in [3.63, 3.8) is 0 Å². The van der Waals surface area contributed by atoms with E-state index in [1.807, 2.05) is 42.5 Å². The van der Waals surface area contributed by atoms with E-state index in [9.17, 15) is 5.11 Å². The third-order valence-corrected chi connectivity index (χ3v) is 5.02. The van der Waals surface area contributed by atoms with Crippen molar-refractivity contribution >= 4 is 11.0 Å². The molecule has 1 aromatic heterocycles. The van der Waals surface area contributed by atoms with Crippen LogP contribution >= 0.6 is 0 Å². The van der Waals surface area contributed by atoms with Gasteiger partial charge in [0.15, 0.2) is 5.75 Å². The van der Waals surface area contributed by atoms with Crippen molar-refractivity contribution in [2.45, 2.75) is 6.92 Å². The van der Waals surface area contributed by atoms with Gasteiger partial charge < -0.3 is 9.84 Å². The van der Waals surface area contributed by atoms with Crippen LogP contribution in [-0.4, -0.2) is 14.7 Å². The number of hydrogen-bond acceptors (Lipinski definition) is 3. The third kappa shape index (κ3) is 3.29. The van der Waals surface area contributed by atoms with E-state index in [1.165, 1.54) is 5.56 Å². The number of fused-ring (bicyclic) bond motifs is 1. The molecular formula is C26H20N2O2. The first-order valence-electron chi connectivity index (χ1n) is 9.80. The maximum absolute atomic E-state index is 9.77. The summed E-state index contributed by atoms with van der Waals surface area (Å²) in [6, 6.07) is 31.2.